The van der Waals surface area contributed by atoms with Crippen molar-refractivity contribution < 1.29 is 14.6 Å². The van der Waals surface area contributed by atoms with Crippen LogP contribution in [-0.4, -0.2) is 20.3 Å². The molecule has 26 heavy (non-hydrogen) atoms. The zero-order chi connectivity index (χ0) is 18.8. The Kier molecular flexibility index (Phi) is 4.59. The summed E-state index contributed by atoms with van der Waals surface area (Å²) in [6, 6.07) is 10.3. The third kappa shape index (κ3) is 3.22. The number of aryl methyl sites for hydroxylation is 1. The van der Waals surface area contributed by atoms with Gasteiger partial charge < -0.3 is 4.57 Å². The number of nitrogens with zero attached hydrogens (tertiary/aromatic N) is 4. The van der Waals surface area contributed by atoms with Crippen molar-refractivity contribution in [2.75, 3.05) is 0 Å². The second kappa shape index (κ2) is 6.84. The molecule has 10 heteroatoms. The fraction of sp³-hybridized carbons (Fsp3) is 0.125. The maximum absolute atomic E-state index is 12.5. The van der Waals surface area contributed by atoms with Gasteiger partial charge in [0.15, 0.2) is 4.80 Å². The van der Waals surface area contributed by atoms with E-state index in [1.165, 1.54) is 11.3 Å². The first-order valence-electron chi connectivity index (χ1n) is 7.52. The van der Waals surface area contributed by atoms with Gasteiger partial charge in [-0.05, 0) is 19.1 Å². The van der Waals surface area contributed by atoms with Crippen molar-refractivity contribution in [1.29, 1.82) is 0 Å². The van der Waals surface area contributed by atoms with E-state index < -0.39 is 27.1 Å². The number of hydrogen-bond donors (Lipinski definition) is 0. The van der Waals surface area contributed by atoms with E-state index in [9.17, 15) is 25.0 Å². The third-order valence-corrected chi connectivity index (χ3v) is 4.73. The van der Waals surface area contributed by atoms with Crippen LogP contribution in [0.5, 0.6) is 0 Å². The molecular formula is C16H12N4O5S. The van der Waals surface area contributed by atoms with Gasteiger partial charge in [0.2, 0.25) is 0 Å². The van der Waals surface area contributed by atoms with Crippen molar-refractivity contribution in [2.45, 2.75) is 13.5 Å². The number of thiazole rings is 1. The van der Waals surface area contributed by atoms with Crippen LogP contribution < -0.4 is 4.80 Å². The number of aromatic nitrogens is 1. The number of carbonyl (C=O) groups is 1. The van der Waals surface area contributed by atoms with Crippen LogP contribution in [0.15, 0.2) is 47.5 Å². The first kappa shape index (κ1) is 17.4. The summed E-state index contributed by atoms with van der Waals surface area (Å²) in [6.45, 7) is 2.48. The van der Waals surface area contributed by atoms with Crippen molar-refractivity contribution >= 4 is 38.8 Å². The number of nitro benzene ring substituents is 2. The van der Waals surface area contributed by atoms with Gasteiger partial charge in [-0.2, -0.15) is 4.99 Å². The molecular weight excluding hydrogens is 360 g/mol. The van der Waals surface area contributed by atoms with Crippen LogP contribution in [0.2, 0.25) is 0 Å². The highest BCUT2D eigenvalue weighted by atomic mass is 32.1. The molecule has 0 N–H and O–H groups in total. The van der Waals surface area contributed by atoms with Crippen LogP contribution in [0.4, 0.5) is 11.4 Å². The number of rotatable bonds is 4. The summed E-state index contributed by atoms with van der Waals surface area (Å²) in [5.74, 6) is -0.773. The molecule has 0 radical (unpaired) electrons. The topological polar surface area (TPSA) is 121 Å². The fourth-order valence-electron chi connectivity index (χ4n) is 2.49. The van der Waals surface area contributed by atoms with E-state index in [0.717, 1.165) is 28.4 Å². The van der Waals surface area contributed by atoms with Gasteiger partial charge >= 0.3 is 0 Å². The van der Waals surface area contributed by atoms with E-state index in [2.05, 4.69) is 4.99 Å². The summed E-state index contributed by atoms with van der Waals surface area (Å²) in [5, 5.41) is 21.9. The highest BCUT2D eigenvalue weighted by Gasteiger charge is 2.20. The molecule has 9 nitrogen and oxygen atoms in total. The molecule has 2 aromatic carbocycles. The maximum atomic E-state index is 12.5. The van der Waals surface area contributed by atoms with E-state index in [1.807, 2.05) is 35.8 Å². The minimum absolute atomic E-state index is 0.203. The standard InChI is InChI=1S/C16H12N4O5S/c1-2-18-13-5-3-4-6-14(13)26-16(18)17-15(21)10-7-11(19(22)23)9-12(8-10)20(24)25/h3-9H,2H2,1H3. The van der Waals surface area contributed by atoms with Crippen LogP contribution in [0, 0.1) is 20.2 Å². The van der Waals surface area contributed by atoms with Crippen molar-refractivity contribution in [3.63, 3.8) is 0 Å². The number of nitro groups is 2. The van der Waals surface area contributed by atoms with E-state index in [1.54, 1.807) is 0 Å². The molecule has 0 bridgehead atoms. The Morgan fingerprint density at radius 2 is 1.73 bits per heavy atom. The molecule has 0 spiro atoms. The molecule has 0 atom stereocenters. The Morgan fingerprint density at radius 3 is 2.31 bits per heavy atom. The second-order valence-corrected chi connectivity index (χ2v) is 6.27. The summed E-state index contributed by atoms with van der Waals surface area (Å²) < 4.78 is 2.77. The summed E-state index contributed by atoms with van der Waals surface area (Å²) in [7, 11) is 0. The largest absolute Gasteiger partial charge is 0.317 e. The number of non-ortho nitro benzene ring substituents is 2. The molecule has 0 fully saturated rings. The zero-order valence-corrected chi connectivity index (χ0v) is 14.3. The summed E-state index contributed by atoms with van der Waals surface area (Å²) >= 11 is 1.30. The average Bonchev–Trinajstić information content (AvgIpc) is 2.98. The molecule has 3 rings (SSSR count). The maximum Gasteiger partial charge on any atom is 0.280 e. The van der Waals surface area contributed by atoms with Crippen molar-refractivity contribution in [2.24, 2.45) is 4.99 Å². The van der Waals surface area contributed by atoms with Gasteiger partial charge in [0.25, 0.3) is 17.3 Å². The highest BCUT2D eigenvalue weighted by Crippen LogP contribution is 2.23. The normalized spacial score (nSPS) is 11.7. The molecule has 0 aliphatic rings. The fourth-order valence-corrected chi connectivity index (χ4v) is 3.58. The number of carbonyl (C=O) groups excluding carboxylic acids is 1. The molecule has 1 aromatic heterocycles. The molecule has 0 saturated heterocycles. The van der Waals surface area contributed by atoms with E-state index in [4.69, 9.17) is 0 Å². The number of hydrogen-bond acceptors (Lipinski definition) is 6. The monoisotopic (exact) mass is 372 g/mol. The van der Waals surface area contributed by atoms with E-state index in [-0.39, 0.29) is 5.56 Å². The molecule has 0 saturated carbocycles. The van der Waals surface area contributed by atoms with Crippen LogP contribution in [0.3, 0.4) is 0 Å². The predicted octanol–water partition coefficient (Wildman–Crippen LogP) is 3.28. The number of amides is 1. The summed E-state index contributed by atoms with van der Waals surface area (Å²) in [6.07, 6.45) is 0. The highest BCUT2D eigenvalue weighted by molar-refractivity contribution is 7.16. The van der Waals surface area contributed by atoms with Crippen molar-refractivity contribution in [1.82, 2.24) is 4.57 Å². The van der Waals surface area contributed by atoms with Crippen molar-refractivity contribution in [3.8, 4) is 0 Å². The summed E-state index contributed by atoms with van der Waals surface area (Å²) in [5.41, 5.74) is -0.350. The third-order valence-electron chi connectivity index (χ3n) is 3.67. The van der Waals surface area contributed by atoms with Gasteiger partial charge in [-0.1, -0.05) is 23.5 Å². The van der Waals surface area contributed by atoms with E-state index in [0.29, 0.717) is 11.3 Å². The minimum atomic E-state index is -0.782. The zero-order valence-electron chi connectivity index (χ0n) is 13.5. The Morgan fingerprint density at radius 1 is 1.12 bits per heavy atom. The van der Waals surface area contributed by atoms with Crippen LogP contribution >= 0.6 is 11.3 Å². The lowest BCUT2D eigenvalue weighted by molar-refractivity contribution is -0.394. The number of benzene rings is 2. The minimum Gasteiger partial charge on any atom is -0.317 e. The Hall–Kier alpha value is -3.40. The van der Waals surface area contributed by atoms with Gasteiger partial charge in [0.05, 0.1) is 31.7 Å². The lowest BCUT2D eigenvalue weighted by Crippen LogP contribution is -2.16. The van der Waals surface area contributed by atoms with E-state index >= 15 is 0 Å². The smallest absolute Gasteiger partial charge is 0.280 e. The van der Waals surface area contributed by atoms with Gasteiger partial charge in [-0.15, -0.1) is 0 Å². The Bertz CT molecular complexity index is 1080. The molecule has 0 aliphatic heterocycles. The molecule has 1 amide bonds. The SMILES string of the molecule is CCn1c(=NC(=O)c2cc([N+](=O)[O-])cc([N+](=O)[O-])c2)sc2ccccc21. The molecule has 3 aromatic rings. The first-order valence-corrected chi connectivity index (χ1v) is 8.33. The first-order chi connectivity index (χ1) is 12.4. The van der Waals surface area contributed by atoms with Gasteiger partial charge in [-0.3, -0.25) is 25.0 Å². The molecule has 132 valence electrons. The molecule has 0 aliphatic carbocycles. The second-order valence-electron chi connectivity index (χ2n) is 5.27. The van der Waals surface area contributed by atoms with Gasteiger partial charge in [-0.25, -0.2) is 0 Å². The van der Waals surface area contributed by atoms with Crippen LogP contribution in [0.25, 0.3) is 10.2 Å². The number of para-hydroxylation sites is 1. The van der Waals surface area contributed by atoms with Crippen molar-refractivity contribution in [3.05, 3.63) is 73.1 Å². The predicted molar refractivity (Wildman–Crippen MR) is 95.1 cm³/mol. The quantitative estimate of drug-likeness (QED) is 0.514. The van der Waals surface area contributed by atoms with Crippen LogP contribution in [-0.2, 0) is 6.54 Å². The lowest BCUT2D eigenvalue weighted by atomic mass is 10.1. The average molecular weight is 372 g/mol. The molecule has 0 unspecified atom stereocenters. The Labute approximate surface area is 150 Å². The Balaban J connectivity index is 2.15. The summed E-state index contributed by atoms with van der Waals surface area (Å²) in [4.78, 5) is 37.3. The lowest BCUT2D eigenvalue weighted by Gasteiger charge is -2.00. The van der Waals surface area contributed by atoms with Gasteiger partial charge in [0, 0.05) is 18.7 Å². The number of fused-ring (bicyclic) bond motifs is 1. The molecule has 1 heterocycles. The van der Waals surface area contributed by atoms with Crippen LogP contribution in [0.1, 0.15) is 17.3 Å². The van der Waals surface area contributed by atoms with Gasteiger partial charge in [0.1, 0.15) is 0 Å².